The van der Waals surface area contributed by atoms with Gasteiger partial charge in [-0.2, -0.15) is 5.10 Å². The van der Waals surface area contributed by atoms with Crippen molar-refractivity contribution in [2.24, 2.45) is 0 Å². The molecule has 0 bridgehead atoms. The van der Waals surface area contributed by atoms with Crippen molar-refractivity contribution in [2.45, 2.75) is 25.9 Å². The van der Waals surface area contributed by atoms with Crippen LogP contribution in [-0.2, 0) is 0 Å². The van der Waals surface area contributed by atoms with E-state index >= 15 is 4.39 Å². The molecule has 182 valence electrons. The molecule has 5 heterocycles. The molecule has 1 fully saturated rings. The van der Waals surface area contributed by atoms with Gasteiger partial charge in [-0.3, -0.25) is 0 Å². The molecule has 10 nitrogen and oxygen atoms in total. The Labute approximate surface area is 205 Å². The fourth-order valence-electron chi connectivity index (χ4n) is 4.15. The van der Waals surface area contributed by atoms with Gasteiger partial charge in [-0.25, -0.2) is 28.8 Å². The van der Waals surface area contributed by atoms with Gasteiger partial charge in [-0.1, -0.05) is 0 Å². The van der Waals surface area contributed by atoms with E-state index in [2.05, 4.69) is 35.7 Å². The highest BCUT2D eigenvalue weighted by molar-refractivity contribution is 5.87. The number of ether oxygens (including phenoxy) is 2. The third-order valence-electron chi connectivity index (χ3n) is 6.10. The summed E-state index contributed by atoms with van der Waals surface area (Å²) in [5.41, 5.74) is 2.37. The second-order valence-corrected chi connectivity index (χ2v) is 8.51. The molecule has 1 aliphatic heterocycles. The summed E-state index contributed by atoms with van der Waals surface area (Å²) >= 11 is 0. The largest absolute Gasteiger partial charge is 0.474 e. The van der Waals surface area contributed by atoms with Gasteiger partial charge in [0.05, 0.1) is 11.2 Å². The van der Waals surface area contributed by atoms with E-state index in [1.54, 1.807) is 48.0 Å². The maximum Gasteiger partial charge on any atom is 0.214 e. The minimum absolute atomic E-state index is 0.107. The van der Waals surface area contributed by atoms with Gasteiger partial charge in [0.1, 0.15) is 35.8 Å². The third-order valence-corrected chi connectivity index (χ3v) is 6.10. The Balaban J connectivity index is 1.26. The molecule has 1 aromatic carbocycles. The van der Waals surface area contributed by atoms with Crippen molar-refractivity contribution in [1.82, 2.24) is 34.9 Å². The lowest BCUT2D eigenvalue weighted by molar-refractivity contribution is 0.156. The predicted octanol–water partition coefficient (Wildman–Crippen LogP) is 4.18. The Morgan fingerprint density at radius 3 is 2.83 bits per heavy atom. The average molecular weight is 487 g/mol. The smallest absolute Gasteiger partial charge is 0.214 e. The maximum absolute atomic E-state index is 15.4. The van der Waals surface area contributed by atoms with Gasteiger partial charge in [0.15, 0.2) is 17.3 Å². The van der Waals surface area contributed by atoms with Gasteiger partial charge in [-0.15, -0.1) is 0 Å². The second kappa shape index (κ2) is 9.34. The first kappa shape index (κ1) is 22.1. The van der Waals surface area contributed by atoms with Crippen molar-refractivity contribution in [3.05, 3.63) is 66.6 Å². The summed E-state index contributed by atoms with van der Waals surface area (Å²) in [6.45, 7) is 3.50. The third kappa shape index (κ3) is 4.36. The number of aromatic nitrogens is 6. The van der Waals surface area contributed by atoms with Crippen molar-refractivity contribution < 1.29 is 13.9 Å². The van der Waals surface area contributed by atoms with Gasteiger partial charge >= 0.3 is 0 Å². The number of halogens is 1. The number of fused-ring (bicyclic) bond motifs is 2. The monoisotopic (exact) mass is 486 g/mol. The highest BCUT2D eigenvalue weighted by Gasteiger charge is 2.17. The maximum atomic E-state index is 15.4. The van der Waals surface area contributed by atoms with Gasteiger partial charge < -0.3 is 20.1 Å². The molecule has 0 saturated carbocycles. The normalized spacial score (nSPS) is 14.3. The number of pyridine rings is 2. The number of anilines is 2. The summed E-state index contributed by atoms with van der Waals surface area (Å²) in [6.07, 6.45) is 6.55. The first-order valence-corrected chi connectivity index (χ1v) is 11.7. The first-order chi connectivity index (χ1) is 17.6. The Morgan fingerprint density at radius 2 is 1.94 bits per heavy atom. The SMILES string of the molecule is Cc1c(Oc2ccn3ncnc3c2)ccc(Nc2ncnc3ccc(OC4CCNCC4)nc23)c1F. The number of rotatable bonds is 6. The fraction of sp³-hybridized carbons (Fsp3) is 0.240. The predicted molar refractivity (Wildman–Crippen MR) is 131 cm³/mol. The van der Waals surface area contributed by atoms with E-state index in [1.807, 2.05) is 6.07 Å². The Bertz CT molecular complexity index is 1550. The van der Waals surface area contributed by atoms with Crippen molar-refractivity contribution in [3.8, 4) is 17.4 Å². The summed E-state index contributed by atoms with van der Waals surface area (Å²) < 4.78 is 29.0. The first-order valence-electron chi connectivity index (χ1n) is 11.7. The van der Waals surface area contributed by atoms with Gasteiger partial charge in [-0.05, 0) is 57.1 Å². The molecule has 0 aliphatic carbocycles. The van der Waals surface area contributed by atoms with Gasteiger partial charge in [0.25, 0.3) is 0 Å². The molecule has 0 radical (unpaired) electrons. The zero-order valence-corrected chi connectivity index (χ0v) is 19.5. The number of piperidine rings is 1. The summed E-state index contributed by atoms with van der Waals surface area (Å²) in [4.78, 5) is 17.4. The minimum Gasteiger partial charge on any atom is -0.474 e. The second-order valence-electron chi connectivity index (χ2n) is 8.51. The molecule has 1 saturated heterocycles. The molecular formula is C25H23FN8O2. The molecule has 1 aliphatic rings. The van der Waals surface area contributed by atoms with Gasteiger partial charge in [0.2, 0.25) is 5.88 Å². The van der Waals surface area contributed by atoms with E-state index in [0.29, 0.717) is 45.4 Å². The average Bonchev–Trinajstić information content (AvgIpc) is 3.37. The topological polar surface area (TPSA) is 111 Å². The lowest BCUT2D eigenvalue weighted by atomic mass is 10.1. The van der Waals surface area contributed by atoms with Gasteiger partial charge in [0, 0.05) is 23.9 Å². The van der Waals surface area contributed by atoms with E-state index in [0.717, 1.165) is 25.9 Å². The molecule has 5 aromatic rings. The van der Waals surface area contributed by atoms with Crippen molar-refractivity contribution >= 4 is 28.2 Å². The van der Waals surface area contributed by atoms with Crippen molar-refractivity contribution in [2.75, 3.05) is 18.4 Å². The fourth-order valence-corrected chi connectivity index (χ4v) is 4.15. The van der Waals surface area contributed by atoms with Crippen molar-refractivity contribution in [3.63, 3.8) is 0 Å². The summed E-state index contributed by atoms with van der Waals surface area (Å²) in [5.74, 6) is 1.36. The molecule has 4 aromatic heterocycles. The standard InChI is InChI=1S/C25H23FN8O2/c1-15-20(35-17-8-11-34-21(12-17)29-14-31-34)4-2-18(23(15)26)32-25-24-19(28-13-30-25)3-5-22(33-24)36-16-6-9-27-10-7-16/h2-5,8,11-14,16,27H,6-7,9-10H2,1H3,(H,28,30,32). The Kier molecular flexibility index (Phi) is 5.74. The quantitative estimate of drug-likeness (QED) is 0.365. The highest BCUT2D eigenvalue weighted by Crippen LogP contribution is 2.33. The van der Waals surface area contributed by atoms with E-state index in [-0.39, 0.29) is 11.8 Å². The van der Waals surface area contributed by atoms with Crippen molar-refractivity contribution in [1.29, 1.82) is 0 Å². The van der Waals surface area contributed by atoms with Crippen LogP contribution in [0.5, 0.6) is 17.4 Å². The van der Waals surface area contributed by atoms with Crippen LogP contribution in [-0.4, -0.2) is 48.7 Å². The van der Waals surface area contributed by atoms with E-state index < -0.39 is 5.82 Å². The summed E-state index contributed by atoms with van der Waals surface area (Å²) in [6, 6.07) is 10.4. The molecule has 0 spiro atoms. The van der Waals surface area contributed by atoms with Crippen LogP contribution in [0.25, 0.3) is 16.7 Å². The van der Waals surface area contributed by atoms with Crippen LogP contribution >= 0.6 is 0 Å². The van der Waals surface area contributed by atoms with Crippen LogP contribution in [0.3, 0.4) is 0 Å². The Morgan fingerprint density at radius 1 is 1.06 bits per heavy atom. The number of benzene rings is 1. The van der Waals surface area contributed by atoms with Crippen LogP contribution in [0.1, 0.15) is 18.4 Å². The van der Waals surface area contributed by atoms with Crippen LogP contribution in [0.2, 0.25) is 0 Å². The molecule has 36 heavy (non-hydrogen) atoms. The van der Waals surface area contributed by atoms with Crippen LogP contribution < -0.4 is 20.1 Å². The number of nitrogens with zero attached hydrogens (tertiary/aromatic N) is 6. The zero-order valence-electron chi connectivity index (χ0n) is 19.5. The number of nitrogens with one attached hydrogen (secondary N) is 2. The van der Waals surface area contributed by atoms with Crippen LogP contribution in [0.15, 0.2) is 55.2 Å². The molecular weight excluding hydrogens is 463 g/mol. The summed E-state index contributed by atoms with van der Waals surface area (Å²) in [7, 11) is 0. The molecule has 11 heteroatoms. The minimum atomic E-state index is -0.454. The van der Waals surface area contributed by atoms with E-state index in [4.69, 9.17) is 9.47 Å². The molecule has 0 unspecified atom stereocenters. The zero-order chi connectivity index (χ0) is 24.5. The lowest BCUT2D eigenvalue weighted by Gasteiger charge is -2.23. The molecule has 0 amide bonds. The van der Waals surface area contributed by atoms with E-state index in [1.165, 1.54) is 12.7 Å². The lowest BCUT2D eigenvalue weighted by Crippen LogP contribution is -2.34. The molecule has 6 rings (SSSR count). The number of hydrogen-bond acceptors (Lipinski definition) is 9. The number of hydrogen-bond donors (Lipinski definition) is 2. The highest BCUT2D eigenvalue weighted by atomic mass is 19.1. The molecule has 0 atom stereocenters. The summed E-state index contributed by atoms with van der Waals surface area (Å²) in [5, 5.41) is 10.4. The Hall–Kier alpha value is -4.38. The van der Waals surface area contributed by atoms with Crippen LogP contribution in [0, 0.1) is 12.7 Å². The van der Waals surface area contributed by atoms with Crippen LogP contribution in [0.4, 0.5) is 15.9 Å². The molecule has 2 N–H and O–H groups in total. The van der Waals surface area contributed by atoms with E-state index in [9.17, 15) is 0 Å².